The van der Waals surface area contributed by atoms with Gasteiger partial charge in [-0.15, -0.1) is 0 Å². The smallest absolute Gasteiger partial charge is 0.0116 e. The fourth-order valence-electron chi connectivity index (χ4n) is 5.00. The van der Waals surface area contributed by atoms with Crippen LogP contribution in [0.5, 0.6) is 0 Å². The number of rotatable bonds is 1. The van der Waals surface area contributed by atoms with Gasteiger partial charge in [-0.3, -0.25) is 4.90 Å². The number of piperidine rings is 1. The van der Waals surface area contributed by atoms with Crippen molar-refractivity contribution < 1.29 is 0 Å². The maximum Gasteiger partial charge on any atom is 0.0116 e. The number of hydrogen-bond donors (Lipinski definition) is 1. The standard InChI is InChI=1S/C15H28N2/c1-10-5-11(2)7-15(6-10)17-13-3-4-14(17)9-12(16)8-13/h10-15H,3-9,16H2,1-2H3. The second kappa shape index (κ2) is 4.55. The molecule has 3 rings (SSSR count). The van der Waals surface area contributed by atoms with Crippen molar-refractivity contribution in [1.82, 2.24) is 4.90 Å². The molecule has 2 nitrogen and oxygen atoms in total. The molecule has 0 radical (unpaired) electrons. The Labute approximate surface area is 106 Å². The first-order valence-electron chi connectivity index (χ1n) is 7.66. The highest BCUT2D eigenvalue weighted by molar-refractivity contribution is 5.00. The highest BCUT2D eigenvalue weighted by Crippen LogP contribution is 2.42. The van der Waals surface area contributed by atoms with Gasteiger partial charge >= 0.3 is 0 Å². The largest absolute Gasteiger partial charge is 0.328 e. The number of nitrogens with zero attached hydrogens (tertiary/aromatic N) is 1. The lowest BCUT2D eigenvalue weighted by molar-refractivity contribution is 0.0344. The van der Waals surface area contributed by atoms with Crippen LogP contribution in [-0.4, -0.2) is 29.1 Å². The number of fused-ring (bicyclic) bond motifs is 2. The van der Waals surface area contributed by atoms with Crippen LogP contribution in [0.2, 0.25) is 0 Å². The third kappa shape index (κ3) is 2.26. The molecule has 2 aliphatic heterocycles. The minimum Gasteiger partial charge on any atom is -0.328 e. The van der Waals surface area contributed by atoms with E-state index in [4.69, 9.17) is 5.73 Å². The molecule has 4 unspecified atom stereocenters. The van der Waals surface area contributed by atoms with E-state index < -0.39 is 0 Å². The monoisotopic (exact) mass is 236 g/mol. The molecule has 17 heavy (non-hydrogen) atoms. The molecule has 98 valence electrons. The van der Waals surface area contributed by atoms with E-state index in [0.717, 1.165) is 30.0 Å². The molecule has 0 spiro atoms. The normalized spacial score (nSPS) is 51.7. The highest BCUT2D eigenvalue weighted by Gasteiger charge is 2.44. The molecule has 1 saturated carbocycles. The zero-order valence-electron chi connectivity index (χ0n) is 11.4. The first kappa shape index (κ1) is 12.0. The second-order valence-corrected chi connectivity index (χ2v) is 7.13. The molecule has 0 aromatic rings. The van der Waals surface area contributed by atoms with Crippen molar-refractivity contribution in [2.45, 2.75) is 83.0 Å². The summed E-state index contributed by atoms with van der Waals surface area (Å²) in [4.78, 5) is 2.90. The Morgan fingerprint density at radius 3 is 1.82 bits per heavy atom. The van der Waals surface area contributed by atoms with Gasteiger partial charge in [0.25, 0.3) is 0 Å². The van der Waals surface area contributed by atoms with Crippen molar-refractivity contribution in [1.29, 1.82) is 0 Å². The first-order chi connectivity index (χ1) is 8.13. The van der Waals surface area contributed by atoms with Crippen LogP contribution in [0.25, 0.3) is 0 Å². The van der Waals surface area contributed by atoms with Gasteiger partial charge in [0.1, 0.15) is 0 Å². The quantitative estimate of drug-likeness (QED) is 0.758. The van der Waals surface area contributed by atoms with E-state index in [1.807, 2.05) is 0 Å². The summed E-state index contributed by atoms with van der Waals surface area (Å²) in [5, 5.41) is 0. The number of nitrogens with two attached hydrogens (primary N) is 1. The molecule has 2 heteroatoms. The predicted molar refractivity (Wildman–Crippen MR) is 71.8 cm³/mol. The minimum absolute atomic E-state index is 0.488. The van der Waals surface area contributed by atoms with Crippen LogP contribution in [0.4, 0.5) is 0 Å². The van der Waals surface area contributed by atoms with Crippen LogP contribution >= 0.6 is 0 Å². The Kier molecular flexibility index (Phi) is 3.20. The third-order valence-electron chi connectivity index (χ3n) is 5.40. The highest BCUT2D eigenvalue weighted by atomic mass is 15.3. The average molecular weight is 236 g/mol. The van der Waals surface area contributed by atoms with Gasteiger partial charge in [-0.2, -0.15) is 0 Å². The van der Waals surface area contributed by atoms with Crippen LogP contribution in [0.3, 0.4) is 0 Å². The van der Waals surface area contributed by atoms with E-state index >= 15 is 0 Å². The zero-order valence-corrected chi connectivity index (χ0v) is 11.4. The molecule has 2 bridgehead atoms. The SMILES string of the molecule is CC1CC(C)CC(N2C3CCC2CC(N)C3)C1. The van der Waals surface area contributed by atoms with Crippen LogP contribution < -0.4 is 5.73 Å². The van der Waals surface area contributed by atoms with E-state index in [1.54, 1.807) is 0 Å². The lowest BCUT2D eigenvalue weighted by Crippen LogP contribution is -2.53. The summed E-state index contributed by atoms with van der Waals surface area (Å²) in [6.07, 6.45) is 9.67. The molecular weight excluding hydrogens is 208 g/mol. The molecular formula is C15H28N2. The van der Waals surface area contributed by atoms with Gasteiger partial charge in [-0.25, -0.2) is 0 Å². The van der Waals surface area contributed by atoms with Gasteiger partial charge in [-0.1, -0.05) is 13.8 Å². The Balaban J connectivity index is 1.72. The molecule has 0 aromatic carbocycles. The summed E-state index contributed by atoms with van der Waals surface area (Å²) in [5.74, 6) is 1.86. The van der Waals surface area contributed by atoms with Crippen molar-refractivity contribution in [2.24, 2.45) is 17.6 Å². The van der Waals surface area contributed by atoms with Crippen molar-refractivity contribution >= 4 is 0 Å². The van der Waals surface area contributed by atoms with Crippen molar-refractivity contribution in [3.05, 3.63) is 0 Å². The number of hydrogen-bond acceptors (Lipinski definition) is 2. The van der Waals surface area contributed by atoms with Gasteiger partial charge in [0.15, 0.2) is 0 Å². The lowest BCUT2D eigenvalue weighted by atomic mass is 9.78. The second-order valence-electron chi connectivity index (χ2n) is 7.13. The maximum absolute atomic E-state index is 6.18. The van der Waals surface area contributed by atoms with Crippen LogP contribution in [0, 0.1) is 11.8 Å². The topological polar surface area (TPSA) is 29.3 Å². The van der Waals surface area contributed by atoms with Crippen molar-refractivity contribution in [3.63, 3.8) is 0 Å². The van der Waals surface area contributed by atoms with Crippen LogP contribution in [0.1, 0.15) is 58.8 Å². The molecule has 2 saturated heterocycles. The molecule has 3 aliphatic rings. The molecule has 2 heterocycles. The summed E-state index contributed by atoms with van der Waals surface area (Å²) < 4.78 is 0. The average Bonchev–Trinajstić information content (AvgIpc) is 2.50. The molecule has 4 atom stereocenters. The lowest BCUT2D eigenvalue weighted by Gasteiger charge is -2.46. The zero-order chi connectivity index (χ0) is 12.0. The Morgan fingerprint density at radius 1 is 0.765 bits per heavy atom. The summed E-state index contributed by atoms with van der Waals surface area (Å²) in [6.45, 7) is 4.89. The van der Waals surface area contributed by atoms with E-state index in [-0.39, 0.29) is 0 Å². The van der Waals surface area contributed by atoms with Gasteiger partial charge in [-0.05, 0) is 56.8 Å². The van der Waals surface area contributed by atoms with Crippen LogP contribution in [-0.2, 0) is 0 Å². The van der Waals surface area contributed by atoms with Crippen LogP contribution in [0.15, 0.2) is 0 Å². The van der Waals surface area contributed by atoms with E-state index in [1.165, 1.54) is 44.9 Å². The Hall–Kier alpha value is -0.0800. The van der Waals surface area contributed by atoms with E-state index in [9.17, 15) is 0 Å². The molecule has 3 fully saturated rings. The summed E-state index contributed by atoms with van der Waals surface area (Å²) >= 11 is 0. The fourth-order valence-corrected chi connectivity index (χ4v) is 5.00. The fraction of sp³-hybridized carbons (Fsp3) is 1.00. The van der Waals surface area contributed by atoms with E-state index in [2.05, 4.69) is 18.7 Å². The molecule has 1 aliphatic carbocycles. The predicted octanol–water partition coefficient (Wildman–Crippen LogP) is 2.77. The maximum atomic E-state index is 6.18. The molecule has 0 aromatic heterocycles. The van der Waals surface area contributed by atoms with Gasteiger partial charge < -0.3 is 5.73 Å². The summed E-state index contributed by atoms with van der Waals surface area (Å²) in [6, 6.07) is 3.01. The Morgan fingerprint density at radius 2 is 1.29 bits per heavy atom. The molecule has 2 N–H and O–H groups in total. The van der Waals surface area contributed by atoms with Crippen molar-refractivity contribution in [3.8, 4) is 0 Å². The summed E-state index contributed by atoms with van der Waals surface area (Å²) in [5.41, 5.74) is 6.18. The van der Waals surface area contributed by atoms with Gasteiger partial charge in [0.2, 0.25) is 0 Å². The van der Waals surface area contributed by atoms with Gasteiger partial charge in [0, 0.05) is 24.2 Å². The molecule has 0 amide bonds. The van der Waals surface area contributed by atoms with Crippen molar-refractivity contribution in [2.75, 3.05) is 0 Å². The van der Waals surface area contributed by atoms with Gasteiger partial charge in [0.05, 0.1) is 0 Å². The summed E-state index contributed by atoms with van der Waals surface area (Å²) in [7, 11) is 0. The minimum atomic E-state index is 0.488. The third-order valence-corrected chi connectivity index (χ3v) is 5.40. The first-order valence-corrected chi connectivity index (χ1v) is 7.66. The Bertz CT molecular complexity index is 254. The van der Waals surface area contributed by atoms with E-state index in [0.29, 0.717) is 6.04 Å².